The molecule has 0 bridgehead atoms. The highest BCUT2D eigenvalue weighted by Crippen LogP contribution is 2.53. The lowest BCUT2D eigenvalue weighted by molar-refractivity contribution is 0.627. The highest BCUT2D eigenvalue weighted by molar-refractivity contribution is 6.02. The summed E-state index contributed by atoms with van der Waals surface area (Å²) in [6, 6.07) is 52.3. The molecular weight excluding hydrogens is 943 g/mol. The van der Waals surface area contributed by atoms with Gasteiger partial charge < -0.3 is 0 Å². The molecule has 10 heteroatoms. The number of rotatable bonds is 10. The van der Waals surface area contributed by atoms with Gasteiger partial charge in [-0.05, 0) is 180 Å². The van der Waals surface area contributed by atoms with Crippen LogP contribution in [0.4, 0.5) is 43.4 Å². The molecular formula is C66H48F2N8. The van der Waals surface area contributed by atoms with Crippen molar-refractivity contribution in [3.63, 3.8) is 0 Å². The Hall–Kier alpha value is -9.54. The van der Waals surface area contributed by atoms with Gasteiger partial charge in [-0.3, -0.25) is 9.80 Å². The molecule has 0 saturated heterocycles. The molecule has 0 radical (unpaired) electrons. The molecule has 0 unspecified atom stereocenters. The van der Waals surface area contributed by atoms with Crippen molar-refractivity contribution in [3.05, 3.63) is 257 Å². The quantitative estimate of drug-likeness (QED) is 0.125. The Kier molecular flexibility index (Phi) is 10.9. The minimum atomic E-state index is -0.309. The van der Waals surface area contributed by atoms with Gasteiger partial charge in [-0.1, -0.05) is 131 Å². The maximum atomic E-state index is 14.0. The predicted octanol–water partition coefficient (Wildman–Crippen LogP) is 16.3. The van der Waals surface area contributed by atoms with Crippen LogP contribution < -0.4 is 9.80 Å². The van der Waals surface area contributed by atoms with Gasteiger partial charge in [-0.25, -0.2) is 38.7 Å². The van der Waals surface area contributed by atoms with Crippen molar-refractivity contribution in [1.82, 2.24) is 29.9 Å². The number of nitrogens with zero attached hydrogens (tertiary/aromatic N) is 8. The highest BCUT2D eigenvalue weighted by atomic mass is 19.1. The van der Waals surface area contributed by atoms with Gasteiger partial charge in [0, 0.05) is 33.6 Å². The van der Waals surface area contributed by atoms with Gasteiger partial charge >= 0.3 is 0 Å². The third-order valence-electron chi connectivity index (χ3n) is 15.4. The zero-order valence-corrected chi connectivity index (χ0v) is 42.2. The van der Waals surface area contributed by atoms with Crippen LogP contribution in [-0.2, 0) is 10.8 Å². The van der Waals surface area contributed by atoms with Crippen molar-refractivity contribution in [1.29, 1.82) is 0 Å². The van der Waals surface area contributed by atoms with E-state index >= 15 is 0 Å². The summed E-state index contributed by atoms with van der Waals surface area (Å²) in [6.07, 6.45) is 14.6. The predicted molar refractivity (Wildman–Crippen MR) is 302 cm³/mol. The fourth-order valence-corrected chi connectivity index (χ4v) is 11.4. The third kappa shape index (κ3) is 7.80. The number of fused-ring (bicyclic) bond motifs is 9. The molecule has 3 aliphatic rings. The summed E-state index contributed by atoms with van der Waals surface area (Å²) in [7, 11) is 0. The van der Waals surface area contributed by atoms with Gasteiger partial charge in [-0.2, -0.15) is 0 Å². The van der Waals surface area contributed by atoms with E-state index in [0.29, 0.717) is 11.9 Å². The lowest BCUT2D eigenvalue weighted by atomic mass is 9.81. The molecule has 8 aromatic carbocycles. The van der Waals surface area contributed by atoms with Crippen LogP contribution in [0.2, 0.25) is 0 Å². The van der Waals surface area contributed by atoms with E-state index in [4.69, 9.17) is 0 Å². The van der Waals surface area contributed by atoms with Gasteiger partial charge in [0.2, 0.25) is 11.9 Å². The molecule has 0 spiro atoms. The molecule has 8 nitrogen and oxygen atoms in total. The number of hydrogen-bond donors (Lipinski definition) is 0. The van der Waals surface area contributed by atoms with E-state index < -0.39 is 0 Å². The van der Waals surface area contributed by atoms with E-state index in [-0.39, 0.29) is 22.5 Å². The Bertz CT molecular complexity index is 3780. The minimum Gasteiger partial charge on any atom is -0.279 e. The first-order valence-corrected chi connectivity index (χ1v) is 25.2. The summed E-state index contributed by atoms with van der Waals surface area (Å²) in [5.74, 6) is 0.286. The normalized spacial score (nSPS) is 14.1. The number of hydrogen-bond acceptors (Lipinski definition) is 8. The topological polar surface area (TPSA) is 83.8 Å². The molecule has 10 aromatic rings. The van der Waals surface area contributed by atoms with Crippen molar-refractivity contribution in [2.75, 3.05) is 9.80 Å². The molecule has 13 rings (SSSR count). The molecule has 0 fully saturated rings. The second kappa shape index (κ2) is 17.8. The summed E-state index contributed by atoms with van der Waals surface area (Å²) >= 11 is 0. The van der Waals surface area contributed by atoms with Gasteiger partial charge in [0.05, 0.1) is 0 Å². The van der Waals surface area contributed by atoms with Crippen LogP contribution in [0.5, 0.6) is 0 Å². The summed E-state index contributed by atoms with van der Waals surface area (Å²) < 4.78 is 28.1. The average Bonchev–Trinajstić information content (AvgIpc) is 4.02. The fourth-order valence-electron chi connectivity index (χ4n) is 11.4. The first-order chi connectivity index (χ1) is 36.9. The molecule has 0 N–H and O–H groups in total. The Morgan fingerprint density at radius 2 is 0.658 bits per heavy atom. The lowest BCUT2D eigenvalue weighted by Gasteiger charge is -2.26. The molecule has 366 valence electrons. The maximum Gasteiger partial charge on any atom is 0.237 e. The summed E-state index contributed by atoms with van der Waals surface area (Å²) in [6.45, 7) is 13.7. The zero-order chi connectivity index (χ0) is 51.9. The zero-order valence-electron chi connectivity index (χ0n) is 42.2. The van der Waals surface area contributed by atoms with Crippen molar-refractivity contribution < 1.29 is 8.78 Å². The van der Waals surface area contributed by atoms with Crippen LogP contribution in [0.1, 0.15) is 83.3 Å². The van der Waals surface area contributed by atoms with Gasteiger partial charge in [-0.15, -0.1) is 0 Å². The van der Waals surface area contributed by atoms with E-state index in [9.17, 15) is 8.78 Å². The largest absolute Gasteiger partial charge is 0.279 e. The van der Waals surface area contributed by atoms with Gasteiger partial charge in [0.1, 0.15) is 36.9 Å². The summed E-state index contributed by atoms with van der Waals surface area (Å²) in [5.41, 5.74) is 22.5. The third-order valence-corrected chi connectivity index (χ3v) is 15.4. The molecule has 76 heavy (non-hydrogen) atoms. The first kappa shape index (κ1) is 46.3. The Labute approximate surface area is 439 Å². The molecule has 0 saturated carbocycles. The van der Waals surface area contributed by atoms with Crippen molar-refractivity contribution in [2.45, 2.75) is 38.5 Å². The lowest BCUT2D eigenvalue weighted by Crippen LogP contribution is -2.17. The number of halogens is 2. The van der Waals surface area contributed by atoms with E-state index in [1.54, 1.807) is 24.3 Å². The Balaban J connectivity index is 0.720. The smallest absolute Gasteiger partial charge is 0.237 e. The monoisotopic (exact) mass is 990 g/mol. The van der Waals surface area contributed by atoms with Crippen LogP contribution in [0.25, 0.3) is 63.3 Å². The Morgan fingerprint density at radius 3 is 1.03 bits per heavy atom. The highest BCUT2D eigenvalue weighted by Gasteiger charge is 2.38. The Morgan fingerprint density at radius 1 is 0.355 bits per heavy atom. The van der Waals surface area contributed by atoms with E-state index in [1.807, 2.05) is 9.80 Å². The van der Waals surface area contributed by atoms with Crippen molar-refractivity contribution in [2.24, 2.45) is 0 Å². The van der Waals surface area contributed by atoms with Crippen molar-refractivity contribution >= 4 is 64.5 Å². The van der Waals surface area contributed by atoms with Gasteiger partial charge in [0.15, 0.2) is 0 Å². The first-order valence-electron chi connectivity index (χ1n) is 25.2. The molecule has 3 aliphatic carbocycles. The molecule has 2 aromatic heterocycles. The SMILES string of the molecule is C=C1c2cc(/C=C/c3ccc4c(c3)C(C)(C)c3cc(N(c5ccc(F)cc5)c5ncncn5)ccc3-4)ccc2-c2ccc(/C=C/c3ccc4c(c3)C(C)(C)c3cc(N(c5ccc(F)cc5)c5ncncn5)ccc3-4)cc21. The second-order valence-corrected chi connectivity index (χ2v) is 20.6. The molecule has 0 amide bonds. The number of benzene rings is 8. The van der Waals surface area contributed by atoms with E-state index in [1.165, 1.54) is 105 Å². The van der Waals surface area contributed by atoms with Crippen LogP contribution in [-0.4, -0.2) is 29.9 Å². The molecule has 0 atom stereocenters. The van der Waals surface area contributed by atoms with Crippen LogP contribution >= 0.6 is 0 Å². The summed E-state index contributed by atoms with van der Waals surface area (Å²) in [4.78, 5) is 29.7. The molecule has 0 aliphatic heterocycles. The second-order valence-electron chi connectivity index (χ2n) is 20.6. The van der Waals surface area contributed by atoms with Crippen LogP contribution in [0.3, 0.4) is 0 Å². The number of anilines is 6. The van der Waals surface area contributed by atoms with Crippen LogP contribution in [0, 0.1) is 11.6 Å². The maximum absolute atomic E-state index is 14.0. The standard InChI is InChI=1S/C66H48F2N8/c1-40-57-30-41(6-8-43-12-26-53-55-28-22-49(34-61(55)65(2,3)59(53)32-43)75(63-71-36-69-37-72-63)47-18-14-45(67)15-19-47)10-24-51(57)52-25-11-42(31-58(40)52)7-9-44-13-27-54-56-29-23-50(35-62(56)66(4,5)60(54)33-44)76(64-73-38-70-39-74-64)48-20-16-46(68)17-21-48/h6-39H,1H2,2-5H3/b8-6+,9-7+. The average molecular weight is 991 g/mol. The van der Waals surface area contributed by atoms with E-state index in [0.717, 1.165) is 61.7 Å². The van der Waals surface area contributed by atoms with Gasteiger partial charge in [0.25, 0.3) is 0 Å². The minimum absolute atomic E-state index is 0.296. The fraction of sp³-hybridized carbons (Fsp3) is 0.0909. The molecule has 2 heterocycles. The number of aromatic nitrogens is 6. The van der Waals surface area contributed by atoms with Crippen molar-refractivity contribution in [3.8, 4) is 33.4 Å². The van der Waals surface area contributed by atoms with E-state index in [2.05, 4.69) is 198 Å². The summed E-state index contributed by atoms with van der Waals surface area (Å²) in [5, 5.41) is 0. The van der Waals surface area contributed by atoms with Crippen LogP contribution in [0.15, 0.2) is 190 Å².